The van der Waals surface area contributed by atoms with Gasteiger partial charge in [0.2, 0.25) is 0 Å². The molecule has 25 nitrogen and oxygen atoms in total. The molecule has 0 saturated carbocycles. The summed E-state index contributed by atoms with van der Waals surface area (Å²) in [4.78, 5) is 5.63. The van der Waals surface area contributed by atoms with Crippen LogP contribution in [0.1, 0.15) is 0 Å². The van der Waals surface area contributed by atoms with Gasteiger partial charge in [0.05, 0.1) is 28.8 Å². The molecule has 0 radical (unpaired) electrons. The maximum atomic E-state index is 12.9. The highest BCUT2D eigenvalue weighted by Crippen LogP contribution is 2.48. The number of fused-ring (bicyclic) bond motifs is 2. The van der Waals surface area contributed by atoms with Gasteiger partial charge in [0.15, 0.2) is 11.5 Å². The van der Waals surface area contributed by atoms with Gasteiger partial charge in [-0.15, -0.1) is 25.6 Å². The van der Waals surface area contributed by atoms with Crippen molar-refractivity contribution in [3.63, 3.8) is 0 Å². The van der Waals surface area contributed by atoms with Crippen molar-refractivity contribution in [1.82, 2.24) is 0 Å². The molecule has 0 aromatic heterocycles. The second kappa shape index (κ2) is 16.1. The molecule has 0 saturated heterocycles. The number of nitrogens with zero attached hydrogens (tertiary/aromatic N) is 7. The van der Waals surface area contributed by atoms with Crippen LogP contribution in [0.25, 0.3) is 21.5 Å². The van der Waals surface area contributed by atoms with E-state index in [0.29, 0.717) is 17.9 Å². The topological polar surface area (TPSA) is 410 Å². The molecule has 8 N–H and O–H groups in total. The lowest BCUT2D eigenvalue weighted by Gasteiger charge is -2.13. The van der Waals surface area contributed by atoms with E-state index in [9.17, 15) is 72.2 Å². The summed E-state index contributed by atoms with van der Waals surface area (Å²) < 4.78 is 145. The molecule has 0 aliphatic carbocycles. The summed E-state index contributed by atoms with van der Waals surface area (Å²) >= 11 is 0. The number of hydrogen-bond acceptors (Lipinski definition) is 20. The van der Waals surface area contributed by atoms with E-state index in [2.05, 4.69) is 30.7 Å². The first kappa shape index (κ1) is 44.4. The molecule has 322 valence electrons. The van der Waals surface area contributed by atoms with Crippen LogP contribution in [0.4, 0.5) is 45.5 Å². The van der Waals surface area contributed by atoms with Crippen LogP contribution in [0.2, 0.25) is 0 Å². The normalized spacial score (nSPS) is 12.9. The van der Waals surface area contributed by atoms with E-state index in [0.717, 1.165) is 42.5 Å². The lowest BCUT2D eigenvalue weighted by molar-refractivity contribution is -0.385. The number of nitrogen functional groups attached to an aromatic ring is 1. The van der Waals surface area contributed by atoms with Crippen LogP contribution in [-0.2, 0) is 40.5 Å². The van der Waals surface area contributed by atoms with Crippen molar-refractivity contribution in [3.8, 4) is 17.2 Å². The fraction of sp³-hybridized carbons (Fsp3) is 0.0303. The fourth-order valence-electron chi connectivity index (χ4n) is 5.74. The molecule has 0 fully saturated rings. The minimum atomic E-state index is -5.52. The quantitative estimate of drug-likeness (QED) is 0.0211. The molecular weight excluding hydrogens is 909 g/mol. The van der Waals surface area contributed by atoms with Gasteiger partial charge < -0.3 is 20.7 Å². The van der Waals surface area contributed by atoms with Gasteiger partial charge in [-0.3, -0.25) is 28.3 Å². The van der Waals surface area contributed by atoms with Gasteiger partial charge in [0.1, 0.15) is 53.8 Å². The Morgan fingerprint density at radius 3 is 1.71 bits per heavy atom. The van der Waals surface area contributed by atoms with E-state index >= 15 is 0 Å². The number of ether oxygens (including phenoxy) is 1. The lowest BCUT2D eigenvalue weighted by atomic mass is 10.1. The number of benzene rings is 6. The summed E-state index contributed by atoms with van der Waals surface area (Å²) in [5.74, 6) is -1.52. The van der Waals surface area contributed by atoms with Crippen molar-refractivity contribution in [3.05, 3.63) is 89.0 Å². The minimum absolute atomic E-state index is 0.114. The molecule has 0 spiro atoms. The molecule has 6 aromatic carbocycles. The zero-order valence-corrected chi connectivity index (χ0v) is 33.8. The zero-order chi connectivity index (χ0) is 45.7. The SMILES string of the molecule is COc1ccc(N=Nc2c(S(=O)(=O)O)cc3c(S(=O)(=O)O)c(N=Nc4c(S(=O)(=O)O)cc5ccc(N=Nc6ccc([N+](=O)[O-])cc6S(=O)(=O)O)c(O)c5c4N)ccc3c2O)cc1. The first-order valence-electron chi connectivity index (χ1n) is 16.3. The van der Waals surface area contributed by atoms with E-state index < -0.39 is 132 Å². The number of methoxy groups -OCH3 is 1. The summed E-state index contributed by atoms with van der Waals surface area (Å²) in [7, 11) is -19.9. The molecule has 0 aliphatic rings. The monoisotopic (exact) mass is 932 g/mol. The highest BCUT2D eigenvalue weighted by Gasteiger charge is 2.29. The van der Waals surface area contributed by atoms with Crippen molar-refractivity contribution in [2.45, 2.75) is 19.6 Å². The molecule has 0 heterocycles. The molecule has 29 heteroatoms. The predicted octanol–water partition coefficient (Wildman–Crippen LogP) is 7.14. The number of aromatic hydroxyl groups is 2. The Morgan fingerprint density at radius 1 is 0.581 bits per heavy atom. The van der Waals surface area contributed by atoms with Gasteiger partial charge in [-0.25, -0.2) is 0 Å². The number of azo groups is 3. The van der Waals surface area contributed by atoms with E-state index in [1.807, 2.05) is 0 Å². The Hall–Kier alpha value is -7.12. The van der Waals surface area contributed by atoms with Crippen LogP contribution >= 0.6 is 0 Å². The number of anilines is 1. The average molecular weight is 933 g/mol. The van der Waals surface area contributed by atoms with Gasteiger partial charge in [0, 0.05) is 22.9 Å². The van der Waals surface area contributed by atoms with E-state index in [1.54, 1.807) is 0 Å². The Morgan fingerprint density at radius 2 is 1.13 bits per heavy atom. The van der Waals surface area contributed by atoms with Crippen molar-refractivity contribution >= 4 is 108 Å². The summed E-state index contributed by atoms with van der Waals surface area (Å²) in [5, 5.41) is 53.8. The van der Waals surface area contributed by atoms with Gasteiger partial charge in [-0.1, -0.05) is 6.07 Å². The Balaban J connectivity index is 1.53. The molecule has 6 rings (SSSR count). The summed E-state index contributed by atoms with van der Waals surface area (Å²) in [6, 6.07) is 13.0. The molecule has 6 aromatic rings. The Labute approximate surface area is 347 Å². The number of nitro benzene ring substituents is 1. The third-order valence-electron chi connectivity index (χ3n) is 8.50. The lowest BCUT2D eigenvalue weighted by Crippen LogP contribution is -2.03. The molecule has 62 heavy (non-hydrogen) atoms. The van der Waals surface area contributed by atoms with Gasteiger partial charge in [-0.2, -0.15) is 38.8 Å². The van der Waals surface area contributed by atoms with Crippen LogP contribution in [0, 0.1) is 10.1 Å². The van der Waals surface area contributed by atoms with Crippen LogP contribution in [0.5, 0.6) is 17.2 Å². The second-order valence-electron chi connectivity index (χ2n) is 12.4. The first-order chi connectivity index (χ1) is 28.8. The number of hydrogen-bond donors (Lipinski definition) is 7. The molecule has 0 bridgehead atoms. The number of nitrogens with two attached hydrogens (primary N) is 1. The third-order valence-corrected chi connectivity index (χ3v) is 12.1. The smallest absolute Gasteiger partial charge is 0.297 e. The molecular formula is C33H24N8O17S4. The van der Waals surface area contributed by atoms with E-state index in [-0.39, 0.29) is 11.1 Å². The average Bonchev–Trinajstić information content (AvgIpc) is 3.17. The van der Waals surface area contributed by atoms with Gasteiger partial charge in [-0.05, 0) is 66.0 Å². The van der Waals surface area contributed by atoms with Crippen LogP contribution in [0.3, 0.4) is 0 Å². The third kappa shape index (κ3) is 8.84. The number of non-ortho nitro benzene ring substituents is 1. The first-order valence-corrected chi connectivity index (χ1v) is 22.1. The summed E-state index contributed by atoms with van der Waals surface area (Å²) in [6.07, 6.45) is 0. The summed E-state index contributed by atoms with van der Waals surface area (Å²) in [6.45, 7) is 0. The fourth-order valence-corrected chi connectivity index (χ4v) is 8.52. The Kier molecular flexibility index (Phi) is 11.5. The summed E-state index contributed by atoms with van der Waals surface area (Å²) in [5.41, 5.74) is 0.985. The second-order valence-corrected chi connectivity index (χ2v) is 17.9. The highest BCUT2D eigenvalue weighted by atomic mass is 32.2. The number of nitro groups is 1. The number of phenols is 2. The van der Waals surface area contributed by atoms with Crippen molar-refractivity contribution < 1.29 is 71.8 Å². The van der Waals surface area contributed by atoms with E-state index in [4.69, 9.17) is 10.5 Å². The van der Waals surface area contributed by atoms with E-state index in [1.165, 1.54) is 31.4 Å². The molecule has 0 amide bonds. The largest absolute Gasteiger partial charge is 0.505 e. The van der Waals surface area contributed by atoms with Crippen LogP contribution < -0.4 is 10.5 Å². The van der Waals surface area contributed by atoms with Crippen LogP contribution in [-0.4, -0.2) is 74.1 Å². The number of rotatable bonds is 12. The Bertz CT molecular complexity index is 3450. The van der Waals surface area contributed by atoms with Gasteiger partial charge in [0.25, 0.3) is 46.2 Å². The molecule has 0 unspecified atom stereocenters. The zero-order valence-electron chi connectivity index (χ0n) is 30.5. The highest BCUT2D eigenvalue weighted by molar-refractivity contribution is 7.87. The maximum Gasteiger partial charge on any atom is 0.297 e. The standard InChI is InChI=1S/C33H24N8O17S4/c1-58-18-6-3-16(4-7-18)35-40-30-26(61(52,53)54)14-20-19(31(30)42)8-11-23(33(20)62(55,56)57)38-39-29-25(60(49,50)51)12-15-2-9-22(32(43)27(15)28(29)34)37-36-21-10-5-17(41(44)45)13-24(21)59(46,47)48/h2-14,42-43H,34H2,1H3,(H,46,47,48)(H,49,50,51)(H,52,53,54)(H,55,56,57). The maximum absolute atomic E-state index is 12.9. The van der Waals surface area contributed by atoms with Crippen molar-refractivity contribution in [1.29, 1.82) is 0 Å². The van der Waals surface area contributed by atoms with Crippen LogP contribution in [0.15, 0.2) is 129 Å². The minimum Gasteiger partial charge on any atom is -0.505 e. The molecule has 0 aliphatic heterocycles. The van der Waals surface area contributed by atoms with Gasteiger partial charge >= 0.3 is 0 Å². The molecule has 0 atom stereocenters. The predicted molar refractivity (Wildman–Crippen MR) is 214 cm³/mol. The number of phenolic OH excluding ortho intramolecular Hbond substituents is 2. The van der Waals surface area contributed by atoms with Crippen molar-refractivity contribution in [2.75, 3.05) is 12.8 Å². The van der Waals surface area contributed by atoms with Crippen molar-refractivity contribution in [2.24, 2.45) is 30.7 Å².